The van der Waals surface area contributed by atoms with Crippen molar-refractivity contribution >= 4 is 0 Å². The molecule has 1 aromatic rings. The molecule has 0 spiro atoms. The summed E-state index contributed by atoms with van der Waals surface area (Å²) < 4.78 is 4.97. The molecule has 0 aliphatic rings. The van der Waals surface area contributed by atoms with Crippen LogP contribution in [0.4, 0.5) is 0 Å². The van der Waals surface area contributed by atoms with Gasteiger partial charge in [0, 0.05) is 12.7 Å². The van der Waals surface area contributed by atoms with Crippen LogP contribution in [0.5, 0.6) is 0 Å². The molecule has 0 saturated heterocycles. The number of aryl methyl sites for hydroxylation is 1. The van der Waals surface area contributed by atoms with Crippen molar-refractivity contribution < 1.29 is 10.1 Å². The highest BCUT2D eigenvalue weighted by molar-refractivity contribution is 5.20. The first kappa shape index (κ1) is 10.2. The topological polar surface area (TPSA) is 25.8 Å². The van der Waals surface area contributed by atoms with Gasteiger partial charge in [0.15, 0.2) is 0 Å². The van der Waals surface area contributed by atoms with Gasteiger partial charge in [0.1, 0.15) is 6.54 Å². The van der Waals surface area contributed by atoms with Gasteiger partial charge in [-0.25, -0.2) is 0 Å². The SMILES string of the molecule is COCC[NH2+]Cc1ccc(C)cc1. The zero-order chi connectivity index (χ0) is 9.52. The lowest BCUT2D eigenvalue weighted by Crippen LogP contribution is -2.83. The second kappa shape index (κ2) is 5.73. The smallest absolute Gasteiger partial charge is 0.101 e. The molecule has 0 radical (unpaired) electrons. The summed E-state index contributed by atoms with van der Waals surface area (Å²) in [6.07, 6.45) is 0. The van der Waals surface area contributed by atoms with Crippen molar-refractivity contribution in [3.63, 3.8) is 0 Å². The average molecular weight is 180 g/mol. The predicted octanol–water partition coefficient (Wildman–Crippen LogP) is 0.705. The minimum Gasteiger partial charge on any atom is -0.379 e. The first-order valence-electron chi connectivity index (χ1n) is 4.69. The van der Waals surface area contributed by atoms with Crippen molar-refractivity contribution in [1.29, 1.82) is 0 Å². The van der Waals surface area contributed by atoms with Crippen LogP contribution in [-0.2, 0) is 11.3 Å². The van der Waals surface area contributed by atoms with E-state index in [0.717, 1.165) is 19.7 Å². The zero-order valence-corrected chi connectivity index (χ0v) is 8.42. The van der Waals surface area contributed by atoms with Crippen LogP contribution in [0.3, 0.4) is 0 Å². The molecule has 0 aliphatic carbocycles. The van der Waals surface area contributed by atoms with Crippen molar-refractivity contribution in [2.24, 2.45) is 0 Å². The minimum absolute atomic E-state index is 0.825. The molecule has 1 rings (SSSR count). The van der Waals surface area contributed by atoms with Crippen molar-refractivity contribution in [2.45, 2.75) is 13.5 Å². The van der Waals surface area contributed by atoms with Crippen LogP contribution in [-0.4, -0.2) is 20.3 Å². The Hall–Kier alpha value is -0.860. The highest BCUT2D eigenvalue weighted by Gasteiger charge is 1.94. The second-order valence-corrected chi connectivity index (χ2v) is 3.26. The Morgan fingerprint density at radius 3 is 2.54 bits per heavy atom. The molecule has 72 valence electrons. The van der Waals surface area contributed by atoms with Crippen LogP contribution in [0.2, 0.25) is 0 Å². The van der Waals surface area contributed by atoms with Crippen molar-refractivity contribution in [1.82, 2.24) is 0 Å². The molecule has 0 atom stereocenters. The Kier molecular flexibility index (Phi) is 4.50. The van der Waals surface area contributed by atoms with E-state index < -0.39 is 0 Å². The Balaban J connectivity index is 2.25. The van der Waals surface area contributed by atoms with Crippen molar-refractivity contribution in [3.8, 4) is 0 Å². The Morgan fingerprint density at radius 1 is 1.23 bits per heavy atom. The summed E-state index contributed by atoms with van der Waals surface area (Å²) >= 11 is 0. The van der Waals surface area contributed by atoms with E-state index in [1.165, 1.54) is 11.1 Å². The normalized spacial score (nSPS) is 10.3. The van der Waals surface area contributed by atoms with Crippen LogP contribution in [0, 0.1) is 6.92 Å². The lowest BCUT2D eigenvalue weighted by Gasteiger charge is -2.01. The number of benzene rings is 1. The quantitative estimate of drug-likeness (QED) is 0.663. The van der Waals surface area contributed by atoms with E-state index in [1.807, 2.05) is 0 Å². The summed E-state index contributed by atoms with van der Waals surface area (Å²) in [7, 11) is 1.74. The molecule has 2 nitrogen and oxygen atoms in total. The molecule has 0 aliphatic heterocycles. The van der Waals surface area contributed by atoms with E-state index in [2.05, 4.69) is 36.5 Å². The lowest BCUT2D eigenvalue weighted by atomic mass is 10.1. The fraction of sp³-hybridized carbons (Fsp3) is 0.455. The number of quaternary nitrogens is 1. The standard InChI is InChI=1S/C11H17NO/c1-10-3-5-11(6-4-10)9-12-7-8-13-2/h3-6,12H,7-9H2,1-2H3/p+1. The molecule has 2 heteroatoms. The summed E-state index contributed by atoms with van der Waals surface area (Å²) in [5, 5.41) is 2.26. The maximum absolute atomic E-state index is 4.97. The second-order valence-electron chi connectivity index (χ2n) is 3.26. The fourth-order valence-corrected chi connectivity index (χ4v) is 1.19. The zero-order valence-electron chi connectivity index (χ0n) is 8.42. The maximum Gasteiger partial charge on any atom is 0.101 e. The number of methoxy groups -OCH3 is 1. The van der Waals surface area contributed by atoms with E-state index in [4.69, 9.17) is 4.74 Å². The van der Waals surface area contributed by atoms with E-state index >= 15 is 0 Å². The minimum atomic E-state index is 0.825. The first-order valence-corrected chi connectivity index (χ1v) is 4.69. The Labute approximate surface area is 79.9 Å². The molecular weight excluding hydrogens is 162 g/mol. The predicted molar refractivity (Wildman–Crippen MR) is 53.6 cm³/mol. The summed E-state index contributed by atoms with van der Waals surface area (Å²) in [6, 6.07) is 8.66. The molecule has 0 aromatic heterocycles. The van der Waals surface area contributed by atoms with Gasteiger partial charge in [0.2, 0.25) is 0 Å². The molecule has 0 saturated carbocycles. The number of hydrogen-bond acceptors (Lipinski definition) is 1. The molecule has 0 heterocycles. The Morgan fingerprint density at radius 2 is 1.92 bits per heavy atom. The van der Waals surface area contributed by atoms with E-state index in [-0.39, 0.29) is 0 Å². The van der Waals surface area contributed by atoms with Gasteiger partial charge in [-0.1, -0.05) is 29.8 Å². The van der Waals surface area contributed by atoms with E-state index in [0.29, 0.717) is 0 Å². The number of ether oxygens (including phenoxy) is 1. The third kappa shape index (κ3) is 4.06. The number of hydrogen-bond donors (Lipinski definition) is 1. The summed E-state index contributed by atoms with van der Waals surface area (Å²) in [6.45, 7) is 5.01. The molecule has 0 fully saturated rings. The van der Waals surface area contributed by atoms with Gasteiger partial charge in [-0.15, -0.1) is 0 Å². The lowest BCUT2D eigenvalue weighted by molar-refractivity contribution is -0.671. The molecule has 0 unspecified atom stereocenters. The van der Waals surface area contributed by atoms with Crippen molar-refractivity contribution in [3.05, 3.63) is 35.4 Å². The van der Waals surface area contributed by atoms with Crippen LogP contribution < -0.4 is 5.32 Å². The van der Waals surface area contributed by atoms with Crippen LogP contribution in [0.25, 0.3) is 0 Å². The molecule has 1 aromatic carbocycles. The van der Waals surface area contributed by atoms with Crippen molar-refractivity contribution in [2.75, 3.05) is 20.3 Å². The number of rotatable bonds is 5. The van der Waals surface area contributed by atoms with Gasteiger partial charge in [0.25, 0.3) is 0 Å². The van der Waals surface area contributed by atoms with Gasteiger partial charge < -0.3 is 10.1 Å². The largest absolute Gasteiger partial charge is 0.379 e. The molecule has 0 bridgehead atoms. The van der Waals surface area contributed by atoms with Gasteiger partial charge in [-0.3, -0.25) is 0 Å². The molecule has 2 N–H and O–H groups in total. The average Bonchev–Trinajstić information content (AvgIpc) is 2.15. The van der Waals surface area contributed by atoms with Gasteiger partial charge in [-0.05, 0) is 6.92 Å². The molecule has 13 heavy (non-hydrogen) atoms. The highest BCUT2D eigenvalue weighted by Crippen LogP contribution is 2.00. The third-order valence-corrected chi connectivity index (χ3v) is 2.03. The van der Waals surface area contributed by atoms with Crippen LogP contribution in [0.15, 0.2) is 24.3 Å². The first-order chi connectivity index (χ1) is 6.33. The van der Waals surface area contributed by atoms with Gasteiger partial charge >= 0.3 is 0 Å². The highest BCUT2D eigenvalue weighted by atomic mass is 16.5. The maximum atomic E-state index is 4.97. The molecular formula is C11H18NO+. The molecule has 0 amide bonds. The van der Waals surface area contributed by atoms with E-state index in [1.54, 1.807) is 7.11 Å². The summed E-state index contributed by atoms with van der Waals surface area (Å²) in [5.74, 6) is 0. The monoisotopic (exact) mass is 180 g/mol. The van der Waals surface area contributed by atoms with Crippen LogP contribution >= 0.6 is 0 Å². The van der Waals surface area contributed by atoms with E-state index in [9.17, 15) is 0 Å². The summed E-state index contributed by atoms with van der Waals surface area (Å²) in [5.41, 5.74) is 2.70. The number of nitrogens with two attached hydrogens (primary N) is 1. The van der Waals surface area contributed by atoms with Gasteiger partial charge in [-0.2, -0.15) is 0 Å². The Bertz CT molecular complexity index is 230. The fourth-order valence-electron chi connectivity index (χ4n) is 1.19. The third-order valence-electron chi connectivity index (χ3n) is 2.03. The van der Waals surface area contributed by atoms with Gasteiger partial charge in [0.05, 0.1) is 13.2 Å². The van der Waals surface area contributed by atoms with Crippen LogP contribution in [0.1, 0.15) is 11.1 Å². The summed E-state index contributed by atoms with van der Waals surface area (Å²) in [4.78, 5) is 0.